The number of rotatable bonds is 6. The Hall–Kier alpha value is -2.41. The molecule has 0 radical (unpaired) electrons. The minimum absolute atomic E-state index is 0.0670. The van der Waals surface area contributed by atoms with Crippen LogP contribution in [0.25, 0.3) is 0 Å². The summed E-state index contributed by atoms with van der Waals surface area (Å²) in [7, 11) is 1.40. The summed E-state index contributed by atoms with van der Waals surface area (Å²) in [5.74, 6) is -0.379. The third-order valence-electron chi connectivity index (χ3n) is 5.01. The van der Waals surface area contributed by atoms with Crippen molar-refractivity contribution in [2.75, 3.05) is 45.2 Å². The third kappa shape index (κ3) is 6.03. The third-order valence-corrected chi connectivity index (χ3v) is 5.34. The minimum Gasteiger partial charge on any atom is -0.465 e. The Bertz CT molecular complexity index is 859. The van der Waals surface area contributed by atoms with Crippen LogP contribution < -0.4 is 5.32 Å². The molecular weight excluding hydrogens is 390 g/mol. The molecule has 0 aromatic heterocycles. The van der Waals surface area contributed by atoms with E-state index >= 15 is 0 Å². The van der Waals surface area contributed by atoms with Crippen LogP contribution in [0.15, 0.2) is 48.5 Å². The van der Waals surface area contributed by atoms with E-state index in [2.05, 4.69) is 15.1 Å². The van der Waals surface area contributed by atoms with Crippen LogP contribution in [0.5, 0.6) is 0 Å². The highest BCUT2D eigenvalue weighted by Crippen LogP contribution is 2.20. The molecule has 6 nitrogen and oxygen atoms in total. The van der Waals surface area contributed by atoms with Gasteiger partial charge in [0.2, 0.25) is 5.91 Å². The maximum absolute atomic E-state index is 12.4. The number of methoxy groups -OCH3 is 1. The molecule has 29 heavy (non-hydrogen) atoms. The maximum Gasteiger partial charge on any atom is 0.338 e. The number of amides is 1. The molecule has 1 heterocycles. The summed E-state index contributed by atoms with van der Waals surface area (Å²) in [4.78, 5) is 28.8. The van der Waals surface area contributed by atoms with Gasteiger partial charge in [-0.1, -0.05) is 41.9 Å². The van der Waals surface area contributed by atoms with Gasteiger partial charge in [-0.2, -0.15) is 0 Å². The highest BCUT2D eigenvalue weighted by molar-refractivity contribution is 6.33. The first-order valence-corrected chi connectivity index (χ1v) is 10.1. The molecule has 2 aromatic carbocycles. The summed E-state index contributed by atoms with van der Waals surface area (Å²) in [6.07, 6.45) is 0.958. The van der Waals surface area contributed by atoms with E-state index in [4.69, 9.17) is 16.3 Å². The van der Waals surface area contributed by atoms with Crippen molar-refractivity contribution in [3.05, 3.63) is 64.7 Å². The molecule has 0 aliphatic carbocycles. The van der Waals surface area contributed by atoms with E-state index in [1.54, 1.807) is 18.2 Å². The molecule has 0 atom stereocenters. The van der Waals surface area contributed by atoms with Crippen LogP contribution in [-0.4, -0.2) is 61.5 Å². The Morgan fingerprint density at radius 3 is 2.48 bits per heavy atom. The number of nitrogens with zero attached hydrogens (tertiary/aromatic N) is 2. The molecule has 2 aromatic rings. The van der Waals surface area contributed by atoms with E-state index in [9.17, 15) is 9.59 Å². The zero-order valence-electron chi connectivity index (χ0n) is 16.6. The van der Waals surface area contributed by atoms with Crippen LogP contribution in [0.2, 0.25) is 5.02 Å². The molecule has 3 rings (SSSR count). The van der Waals surface area contributed by atoms with Crippen LogP contribution in [-0.2, 0) is 16.1 Å². The van der Waals surface area contributed by atoms with Gasteiger partial charge in [0.25, 0.3) is 0 Å². The van der Waals surface area contributed by atoms with E-state index in [1.165, 1.54) is 7.11 Å². The summed E-state index contributed by atoms with van der Waals surface area (Å²) in [6.45, 7) is 4.40. The lowest BCUT2D eigenvalue weighted by molar-refractivity contribution is -0.117. The second-order valence-corrected chi connectivity index (χ2v) is 7.49. The number of halogens is 1. The molecule has 1 saturated heterocycles. The quantitative estimate of drug-likeness (QED) is 0.733. The van der Waals surface area contributed by atoms with Crippen molar-refractivity contribution in [3.8, 4) is 0 Å². The fourth-order valence-electron chi connectivity index (χ4n) is 3.50. The molecule has 0 saturated carbocycles. The normalized spacial score (nSPS) is 15.5. The van der Waals surface area contributed by atoms with Gasteiger partial charge >= 0.3 is 5.97 Å². The standard InChI is InChI=1S/C22H26ClN3O3/c1-29-22(28)18-8-3-2-7-17(18)15-25-11-6-12-26(14-13-25)16-21(27)24-20-10-5-4-9-19(20)23/h2-5,7-10H,6,11-16H2,1H3,(H,24,27). The number of nitrogens with one attached hydrogen (secondary N) is 1. The fraction of sp³-hybridized carbons (Fsp3) is 0.364. The Morgan fingerprint density at radius 2 is 1.69 bits per heavy atom. The molecule has 7 heteroatoms. The van der Waals surface area contributed by atoms with Crippen molar-refractivity contribution in [3.63, 3.8) is 0 Å². The summed E-state index contributed by atoms with van der Waals surface area (Å²) in [5.41, 5.74) is 2.20. The number of esters is 1. The van der Waals surface area contributed by atoms with Gasteiger partial charge in [-0.15, -0.1) is 0 Å². The lowest BCUT2D eigenvalue weighted by Crippen LogP contribution is -2.36. The van der Waals surface area contributed by atoms with Gasteiger partial charge in [-0.25, -0.2) is 4.79 Å². The van der Waals surface area contributed by atoms with Crippen LogP contribution in [0.4, 0.5) is 5.69 Å². The van der Waals surface area contributed by atoms with Gasteiger partial charge < -0.3 is 10.1 Å². The van der Waals surface area contributed by atoms with E-state index in [1.807, 2.05) is 30.3 Å². The number of carbonyl (C=O) groups is 2. The predicted octanol–water partition coefficient (Wildman–Crippen LogP) is 3.27. The van der Waals surface area contributed by atoms with Crippen molar-refractivity contribution in [2.45, 2.75) is 13.0 Å². The van der Waals surface area contributed by atoms with Crippen molar-refractivity contribution < 1.29 is 14.3 Å². The topological polar surface area (TPSA) is 61.9 Å². The van der Waals surface area contributed by atoms with Crippen molar-refractivity contribution >= 4 is 29.2 Å². The molecule has 0 bridgehead atoms. The van der Waals surface area contributed by atoms with Crippen LogP contribution in [0.3, 0.4) is 0 Å². The average molecular weight is 416 g/mol. The Morgan fingerprint density at radius 1 is 1.00 bits per heavy atom. The fourth-order valence-corrected chi connectivity index (χ4v) is 3.69. The SMILES string of the molecule is COC(=O)c1ccccc1CN1CCCN(CC(=O)Nc2ccccc2Cl)CC1. The van der Waals surface area contributed by atoms with E-state index in [-0.39, 0.29) is 11.9 Å². The first-order chi connectivity index (χ1) is 14.1. The highest BCUT2D eigenvalue weighted by atomic mass is 35.5. The number of hydrogen-bond acceptors (Lipinski definition) is 5. The maximum atomic E-state index is 12.4. The van der Waals surface area contributed by atoms with E-state index in [0.29, 0.717) is 29.4 Å². The van der Waals surface area contributed by atoms with Gasteiger partial charge in [0, 0.05) is 19.6 Å². The number of para-hydroxylation sites is 1. The Kier molecular flexibility index (Phi) is 7.63. The van der Waals surface area contributed by atoms with Crippen molar-refractivity contribution in [1.29, 1.82) is 0 Å². The Balaban J connectivity index is 1.54. The number of carbonyl (C=O) groups excluding carboxylic acids is 2. The smallest absolute Gasteiger partial charge is 0.338 e. The molecule has 1 aliphatic rings. The van der Waals surface area contributed by atoms with E-state index < -0.39 is 0 Å². The molecule has 1 N–H and O–H groups in total. The predicted molar refractivity (Wildman–Crippen MR) is 114 cm³/mol. The lowest BCUT2D eigenvalue weighted by atomic mass is 10.1. The van der Waals surface area contributed by atoms with Gasteiger partial charge in [0.05, 0.1) is 29.9 Å². The summed E-state index contributed by atoms with van der Waals surface area (Å²) in [5, 5.41) is 3.41. The Labute approximate surface area is 176 Å². The van der Waals surface area contributed by atoms with Gasteiger partial charge in [0.1, 0.15) is 0 Å². The molecule has 1 fully saturated rings. The number of benzene rings is 2. The first-order valence-electron chi connectivity index (χ1n) is 9.72. The van der Waals surface area contributed by atoms with Crippen LogP contribution >= 0.6 is 11.6 Å². The molecule has 0 unspecified atom stereocenters. The van der Waals surface area contributed by atoms with E-state index in [0.717, 1.165) is 38.2 Å². The van der Waals surface area contributed by atoms with Crippen molar-refractivity contribution in [1.82, 2.24) is 9.80 Å². The summed E-state index contributed by atoms with van der Waals surface area (Å²) < 4.78 is 4.89. The molecule has 1 aliphatic heterocycles. The summed E-state index contributed by atoms with van der Waals surface area (Å²) >= 11 is 6.11. The number of anilines is 1. The molecule has 1 amide bonds. The second kappa shape index (κ2) is 10.4. The zero-order valence-corrected chi connectivity index (χ0v) is 17.3. The van der Waals surface area contributed by atoms with Gasteiger partial charge in [0.15, 0.2) is 0 Å². The second-order valence-electron chi connectivity index (χ2n) is 7.08. The van der Waals surface area contributed by atoms with Crippen LogP contribution in [0.1, 0.15) is 22.3 Å². The van der Waals surface area contributed by atoms with Crippen LogP contribution in [0, 0.1) is 0 Å². The van der Waals surface area contributed by atoms with Gasteiger partial charge in [-0.05, 0) is 43.3 Å². The summed E-state index contributed by atoms with van der Waals surface area (Å²) in [6, 6.07) is 14.8. The zero-order chi connectivity index (χ0) is 20.6. The lowest BCUT2D eigenvalue weighted by Gasteiger charge is -2.22. The minimum atomic E-state index is -0.312. The molecular formula is C22H26ClN3O3. The van der Waals surface area contributed by atoms with Crippen molar-refractivity contribution in [2.24, 2.45) is 0 Å². The highest BCUT2D eigenvalue weighted by Gasteiger charge is 2.19. The molecule has 154 valence electrons. The largest absolute Gasteiger partial charge is 0.465 e. The molecule has 0 spiro atoms. The first kappa shape index (κ1) is 21.3. The average Bonchev–Trinajstić information content (AvgIpc) is 2.94. The number of hydrogen-bond donors (Lipinski definition) is 1. The number of ether oxygens (including phenoxy) is 1. The monoisotopic (exact) mass is 415 g/mol. The van der Waals surface area contributed by atoms with Gasteiger partial charge in [-0.3, -0.25) is 14.6 Å².